The molecular weight excluding hydrogens is 287 g/mol. The van der Waals surface area contributed by atoms with Gasteiger partial charge in [0.1, 0.15) is 0 Å². The van der Waals surface area contributed by atoms with E-state index in [2.05, 4.69) is 15.9 Å². The van der Waals surface area contributed by atoms with E-state index in [0.29, 0.717) is 5.69 Å². The molecule has 0 aliphatic heterocycles. The lowest BCUT2D eigenvalue weighted by Crippen LogP contribution is -2.24. The first-order valence-electron chi connectivity index (χ1n) is 4.15. The summed E-state index contributed by atoms with van der Waals surface area (Å²) in [6.45, 7) is 0. The van der Waals surface area contributed by atoms with E-state index in [4.69, 9.17) is 11.6 Å². The molecule has 0 bridgehead atoms. The summed E-state index contributed by atoms with van der Waals surface area (Å²) < 4.78 is 37.2. The summed E-state index contributed by atoms with van der Waals surface area (Å²) in [5.74, 6) is 5.50. The maximum absolute atomic E-state index is 12.4. The van der Waals surface area contributed by atoms with Crippen LogP contribution in [0.1, 0.15) is 5.56 Å². The molecule has 0 heterocycles. The SMILES string of the molecule is N/C=C\N(N)c1ccc(C(F)(F)F)c(Br)c1. The number of hydrazine groups is 1. The quantitative estimate of drug-likeness (QED) is 0.651. The lowest BCUT2D eigenvalue weighted by molar-refractivity contribution is -0.138. The zero-order chi connectivity index (χ0) is 12.3. The van der Waals surface area contributed by atoms with Gasteiger partial charge in [0, 0.05) is 16.9 Å². The molecule has 0 aliphatic carbocycles. The maximum atomic E-state index is 12.4. The standard InChI is InChI=1S/C9H9BrF3N3/c10-8-5-6(16(15)4-3-14)1-2-7(8)9(11,12)13/h1-5H,14-15H2/b4-3-. The van der Waals surface area contributed by atoms with Gasteiger partial charge < -0.3 is 5.73 Å². The first-order valence-corrected chi connectivity index (χ1v) is 4.94. The van der Waals surface area contributed by atoms with E-state index in [1.165, 1.54) is 24.5 Å². The summed E-state index contributed by atoms with van der Waals surface area (Å²) in [6, 6.07) is 3.47. The van der Waals surface area contributed by atoms with E-state index in [1.807, 2.05) is 0 Å². The number of alkyl halides is 3. The van der Waals surface area contributed by atoms with E-state index in [9.17, 15) is 13.2 Å². The van der Waals surface area contributed by atoms with Crippen LogP contribution in [-0.4, -0.2) is 0 Å². The molecule has 7 heteroatoms. The number of hydrogen-bond donors (Lipinski definition) is 2. The van der Waals surface area contributed by atoms with Gasteiger partial charge in [0.15, 0.2) is 0 Å². The Morgan fingerprint density at radius 2 is 1.94 bits per heavy atom. The van der Waals surface area contributed by atoms with Crippen LogP contribution < -0.4 is 16.6 Å². The predicted molar refractivity (Wildman–Crippen MR) is 59.1 cm³/mol. The molecule has 0 aliphatic rings. The Morgan fingerprint density at radius 1 is 1.31 bits per heavy atom. The Morgan fingerprint density at radius 3 is 2.38 bits per heavy atom. The molecule has 0 atom stereocenters. The minimum atomic E-state index is -4.39. The Bertz CT molecular complexity index is 403. The van der Waals surface area contributed by atoms with Gasteiger partial charge in [0.25, 0.3) is 0 Å². The maximum Gasteiger partial charge on any atom is 0.417 e. The molecule has 16 heavy (non-hydrogen) atoms. The van der Waals surface area contributed by atoms with Crippen molar-refractivity contribution in [3.8, 4) is 0 Å². The van der Waals surface area contributed by atoms with Gasteiger partial charge in [0.2, 0.25) is 0 Å². The first kappa shape index (κ1) is 12.9. The number of halogens is 4. The molecule has 0 saturated carbocycles. The molecule has 1 aromatic carbocycles. The molecule has 0 radical (unpaired) electrons. The van der Waals surface area contributed by atoms with Crippen molar-refractivity contribution in [1.82, 2.24) is 0 Å². The Hall–Kier alpha value is -1.21. The van der Waals surface area contributed by atoms with Crippen molar-refractivity contribution in [2.24, 2.45) is 11.6 Å². The minimum absolute atomic E-state index is 0.0710. The van der Waals surface area contributed by atoms with Crippen LogP contribution in [0.5, 0.6) is 0 Å². The van der Waals surface area contributed by atoms with Gasteiger partial charge >= 0.3 is 6.18 Å². The Kier molecular flexibility index (Phi) is 3.82. The minimum Gasteiger partial charge on any atom is -0.403 e. The molecule has 88 valence electrons. The van der Waals surface area contributed by atoms with Crippen LogP contribution in [0.15, 0.2) is 35.1 Å². The van der Waals surface area contributed by atoms with Gasteiger partial charge in [-0.05, 0) is 18.2 Å². The van der Waals surface area contributed by atoms with E-state index in [0.717, 1.165) is 11.1 Å². The number of anilines is 1. The third-order valence-corrected chi connectivity index (χ3v) is 2.46. The molecule has 4 N–H and O–H groups in total. The van der Waals surface area contributed by atoms with Crippen LogP contribution in [0.4, 0.5) is 18.9 Å². The second-order valence-electron chi connectivity index (χ2n) is 2.91. The fraction of sp³-hybridized carbons (Fsp3) is 0.111. The van der Waals surface area contributed by atoms with Crippen LogP contribution >= 0.6 is 15.9 Å². The number of nitrogens with two attached hydrogens (primary N) is 2. The number of nitrogens with zero attached hydrogens (tertiary/aromatic N) is 1. The highest BCUT2D eigenvalue weighted by atomic mass is 79.9. The Labute approximate surface area is 98.6 Å². The first-order chi connectivity index (χ1) is 7.36. The van der Waals surface area contributed by atoms with Crippen molar-refractivity contribution < 1.29 is 13.2 Å². The smallest absolute Gasteiger partial charge is 0.403 e. The average Bonchev–Trinajstić information content (AvgIpc) is 2.16. The zero-order valence-corrected chi connectivity index (χ0v) is 9.59. The van der Waals surface area contributed by atoms with Gasteiger partial charge in [-0.25, -0.2) is 5.84 Å². The van der Waals surface area contributed by atoms with E-state index < -0.39 is 11.7 Å². The van der Waals surface area contributed by atoms with Gasteiger partial charge in [0.05, 0.1) is 11.3 Å². The summed E-state index contributed by atoms with van der Waals surface area (Å²) in [5, 5.41) is 1.12. The molecule has 0 aromatic heterocycles. The molecule has 0 fully saturated rings. The van der Waals surface area contributed by atoms with Crippen LogP contribution in [0.3, 0.4) is 0 Å². The van der Waals surface area contributed by atoms with Crippen molar-refractivity contribution in [2.75, 3.05) is 5.01 Å². The molecule has 0 saturated heterocycles. The lowest BCUT2D eigenvalue weighted by atomic mass is 10.2. The molecule has 0 amide bonds. The molecule has 0 spiro atoms. The van der Waals surface area contributed by atoms with Crippen molar-refractivity contribution in [2.45, 2.75) is 6.18 Å². The molecule has 1 rings (SSSR count). The normalized spacial score (nSPS) is 12.1. The second kappa shape index (κ2) is 4.75. The number of rotatable bonds is 2. The highest BCUT2D eigenvalue weighted by Crippen LogP contribution is 2.36. The molecule has 0 unspecified atom stereocenters. The van der Waals surface area contributed by atoms with Crippen LogP contribution in [0.2, 0.25) is 0 Å². The largest absolute Gasteiger partial charge is 0.417 e. The van der Waals surface area contributed by atoms with Crippen molar-refractivity contribution in [1.29, 1.82) is 0 Å². The van der Waals surface area contributed by atoms with Gasteiger partial charge in [-0.2, -0.15) is 13.2 Å². The van der Waals surface area contributed by atoms with Crippen molar-refractivity contribution in [3.05, 3.63) is 40.6 Å². The number of hydrogen-bond acceptors (Lipinski definition) is 3. The fourth-order valence-corrected chi connectivity index (χ4v) is 1.66. The van der Waals surface area contributed by atoms with E-state index >= 15 is 0 Å². The van der Waals surface area contributed by atoms with Crippen LogP contribution in [0.25, 0.3) is 0 Å². The highest BCUT2D eigenvalue weighted by Gasteiger charge is 2.32. The van der Waals surface area contributed by atoms with E-state index in [1.54, 1.807) is 0 Å². The highest BCUT2D eigenvalue weighted by molar-refractivity contribution is 9.10. The summed E-state index contributed by atoms with van der Waals surface area (Å²) in [7, 11) is 0. The van der Waals surface area contributed by atoms with Crippen LogP contribution in [-0.2, 0) is 6.18 Å². The monoisotopic (exact) mass is 295 g/mol. The lowest BCUT2D eigenvalue weighted by Gasteiger charge is -2.16. The van der Waals surface area contributed by atoms with Gasteiger partial charge in [-0.15, -0.1) is 0 Å². The summed E-state index contributed by atoms with van der Waals surface area (Å²) >= 11 is 2.84. The van der Waals surface area contributed by atoms with Crippen molar-refractivity contribution >= 4 is 21.6 Å². The third kappa shape index (κ3) is 2.89. The molecule has 1 aromatic rings. The van der Waals surface area contributed by atoms with Crippen LogP contribution in [0, 0.1) is 0 Å². The Balaban J connectivity index is 3.09. The summed E-state index contributed by atoms with van der Waals surface area (Å²) in [4.78, 5) is 0. The van der Waals surface area contributed by atoms with Crippen molar-refractivity contribution in [3.63, 3.8) is 0 Å². The van der Waals surface area contributed by atoms with E-state index in [-0.39, 0.29) is 4.47 Å². The molecule has 3 nitrogen and oxygen atoms in total. The topological polar surface area (TPSA) is 55.3 Å². The summed E-state index contributed by atoms with van der Waals surface area (Å²) in [6.07, 6.45) is -1.87. The number of benzene rings is 1. The second-order valence-corrected chi connectivity index (χ2v) is 3.77. The van der Waals surface area contributed by atoms with Gasteiger partial charge in [-0.3, -0.25) is 5.01 Å². The molecular formula is C9H9BrF3N3. The van der Waals surface area contributed by atoms with Gasteiger partial charge in [-0.1, -0.05) is 15.9 Å². The summed E-state index contributed by atoms with van der Waals surface area (Å²) in [5.41, 5.74) is 4.75. The average molecular weight is 296 g/mol. The third-order valence-electron chi connectivity index (χ3n) is 1.80. The predicted octanol–water partition coefficient (Wildman–Crippen LogP) is 2.58. The zero-order valence-electron chi connectivity index (χ0n) is 8.00. The fourth-order valence-electron chi connectivity index (χ4n) is 1.07.